The first kappa shape index (κ1) is 15.7. The van der Waals surface area contributed by atoms with Gasteiger partial charge in [0.15, 0.2) is 0 Å². The van der Waals surface area contributed by atoms with Crippen LogP contribution in [0.2, 0.25) is 0 Å². The van der Waals surface area contributed by atoms with Crippen molar-refractivity contribution in [2.24, 2.45) is 0 Å². The number of carbonyl (C=O) groups is 1. The van der Waals surface area contributed by atoms with Crippen molar-refractivity contribution in [1.29, 1.82) is 0 Å². The molecule has 6 heteroatoms. The molecule has 1 saturated carbocycles. The Bertz CT molecular complexity index is 487. The molecule has 0 radical (unpaired) electrons. The van der Waals surface area contributed by atoms with E-state index in [0.717, 1.165) is 12.8 Å². The highest BCUT2D eigenvalue weighted by molar-refractivity contribution is 5.90. The number of hydrogen-bond donors (Lipinski definition) is 1. The van der Waals surface area contributed by atoms with Crippen molar-refractivity contribution in [3.8, 4) is 0 Å². The summed E-state index contributed by atoms with van der Waals surface area (Å²) < 4.78 is 4.98. The van der Waals surface area contributed by atoms with Crippen LogP contribution in [0.4, 0.5) is 5.95 Å². The van der Waals surface area contributed by atoms with Crippen LogP contribution in [0.15, 0.2) is 6.20 Å². The Balaban J connectivity index is 2.21. The third-order valence-electron chi connectivity index (χ3n) is 3.83. The molecular formula is C15H23N3O3. The van der Waals surface area contributed by atoms with Gasteiger partial charge in [-0.2, -0.15) is 0 Å². The van der Waals surface area contributed by atoms with Crippen molar-refractivity contribution in [1.82, 2.24) is 9.97 Å². The molecule has 1 aliphatic rings. The number of nitrogens with zero attached hydrogens (tertiary/aromatic N) is 3. The smallest absolute Gasteiger partial charge is 0.341 e. The lowest BCUT2D eigenvalue weighted by molar-refractivity contribution is 0.0524. The molecule has 0 saturated heterocycles. The van der Waals surface area contributed by atoms with E-state index in [4.69, 9.17) is 4.74 Å². The van der Waals surface area contributed by atoms with Crippen molar-refractivity contribution < 1.29 is 14.6 Å². The van der Waals surface area contributed by atoms with Crippen molar-refractivity contribution in [2.75, 3.05) is 24.7 Å². The fourth-order valence-corrected chi connectivity index (χ4v) is 2.77. The van der Waals surface area contributed by atoms with Gasteiger partial charge in [0.2, 0.25) is 5.95 Å². The standard InChI is InChI=1S/C15H23N3O3/c1-3-21-14(20)13-10-16-15(17-11(13)2)18(8-9-19)12-6-4-5-7-12/h10,12,19H,3-9H2,1-2H3. The summed E-state index contributed by atoms with van der Waals surface area (Å²) in [5, 5.41) is 9.27. The highest BCUT2D eigenvalue weighted by Gasteiger charge is 2.25. The third kappa shape index (κ3) is 3.69. The van der Waals surface area contributed by atoms with E-state index >= 15 is 0 Å². The molecule has 1 aromatic rings. The maximum Gasteiger partial charge on any atom is 0.341 e. The molecule has 0 spiro atoms. The summed E-state index contributed by atoms with van der Waals surface area (Å²) >= 11 is 0. The van der Waals surface area contributed by atoms with Crippen LogP contribution in [0.1, 0.15) is 48.7 Å². The minimum absolute atomic E-state index is 0.0680. The molecule has 21 heavy (non-hydrogen) atoms. The lowest BCUT2D eigenvalue weighted by atomic mass is 10.2. The van der Waals surface area contributed by atoms with Crippen molar-refractivity contribution in [2.45, 2.75) is 45.6 Å². The van der Waals surface area contributed by atoms with E-state index in [1.807, 2.05) is 0 Å². The van der Waals surface area contributed by atoms with E-state index in [0.29, 0.717) is 36.4 Å². The number of ether oxygens (including phenoxy) is 1. The van der Waals surface area contributed by atoms with Crippen LogP contribution in [-0.4, -0.2) is 46.8 Å². The van der Waals surface area contributed by atoms with Crippen LogP contribution in [0.5, 0.6) is 0 Å². The molecule has 1 N–H and O–H groups in total. The molecule has 0 atom stereocenters. The second kappa shape index (κ2) is 7.36. The average molecular weight is 293 g/mol. The van der Waals surface area contributed by atoms with Crippen molar-refractivity contribution in [3.05, 3.63) is 17.5 Å². The van der Waals surface area contributed by atoms with Gasteiger partial charge >= 0.3 is 5.97 Å². The number of aromatic nitrogens is 2. The number of aryl methyl sites for hydroxylation is 1. The largest absolute Gasteiger partial charge is 0.462 e. The molecule has 1 aliphatic carbocycles. The van der Waals surface area contributed by atoms with Gasteiger partial charge in [-0.15, -0.1) is 0 Å². The quantitative estimate of drug-likeness (QED) is 0.805. The van der Waals surface area contributed by atoms with Gasteiger partial charge in [-0.3, -0.25) is 0 Å². The Morgan fingerprint density at radius 1 is 1.48 bits per heavy atom. The van der Waals surface area contributed by atoms with E-state index < -0.39 is 5.97 Å². The Labute approximate surface area is 125 Å². The maximum absolute atomic E-state index is 11.8. The van der Waals surface area contributed by atoms with Crippen LogP contribution in [0, 0.1) is 6.92 Å². The van der Waals surface area contributed by atoms with E-state index in [1.165, 1.54) is 19.0 Å². The molecular weight excluding hydrogens is 270 g/mol. The monoisotopic (exact) mass is 293 g/mol. The van der Waals surface area contributed by atoms with Crippen LogP contribution >= 0.6 is 0 Å². The Kier molecular flexibility index (Phi) is 5.50. The first-order valence-electron chi connectivity index (χ1n) is 7.55. The zero-order valence-electron chi connectivity index (χ0n) is 12.7. The van der Waals surface area contributed by atoms with E-state index in [9.17, 15) is 9.90 Å². The van der Waals surface area contributed by atoms with Crippen LogP contribution in [0.25, 0.3) is 0 Å². The maximum atomic E-state index is 11.8. The zero-order valence-corrected chi connectivity index (χ0v) is 12.7. The number of carbonyl (C=O) groups excluding carboxylic acids is 1. The fraction of sp³-hybridized carbons (Fsp3) is 0.667. The molecule has 0 amide bonds. The van der Waals surface area contributed by atoms with Crippen molar-refractivity contribution in [3.63, 3.8) is 0 Å². The summed E-state index contributed by atoms with van der Waals surface area (Å²) in [6.45, 7) is 4.47. The van der Waals surface area contributed by atoms with Gasteiger partial charge in [-0.1, -0.05) is 12.8 Å². The molecule has 0 aliphatic heterocycles. The third-order valence-corrected chi connectivity index (χ3v) is 3.83. The summed E-state index contributed by atoms with van der Waals surface area (Å²) in [6.07, 6.45) is 6.12. The molecule has 116 valence electrons. The summed E-state index contributed by atoms with van der Waals surface area (Å²) in [7, 11) is 0. The summed E-state index contributed by atoms with van der Waals surface area (Å²) in [4.78, 5) is 22.6. The number of rotatable bonds is 6. The minimum atomic E-state index is -0.392. The molecule has 0 bridgehead atoms. The summed E-state index contributed by atoms with van der Waals surface area (Å²) in [5.74, 6) is 0.192. The molecule has 1 aromatic heterocycles. The Morgan fingerprint density at radius 2 is 2.19 bits per heavy atom. The molecule has 2 rings (SSSR count). The number of hydrogen-bond acceptors (Lipinski definition) is 6. The van der Waals surface area contributed by atoms with Gasteiger partial charge in [0, 0.05) is 18.8 Å². The second-order valence-corrected chi connectivity index (χ2v) is 5.24. The van der Waals surface area contributed by atoms with Gasteiger partial charge in [0.25, 0.3) is 0 Å². The lowest BCUT2D eigenvalue weighted by Gasteiger charge is -2.28. The molecule has 0 unspecified atom stereocenters. The molecule has 6 nitrogen and oxygen atoms in total. The first-order chi connectivity index (χ1) is 10.2. The average Bonchev–Trinajstić information content (AvgIpc) is 2.98. The minimum Gasteiger partial charge on any atom is -0.462 e. The number of aliphatic hydroxyl groups is 1. The normalized spacial score (nSPS) is 15.2. The highest BCUT2D eigenvalue weighted by Crippen LogP contribution is 2.26. The SMILES string of the molecule is CCOC(=O)c1cnc(N(CCO)C2CCCC2)nc1C. The number of aliphatic hydroxyl groups excluding tert-OH is 1. The topological polar surface area (TPSA) is 75.5 Å². The molecule has 1 fully saturated rings. The van der Waals surface area contributed by atoms with Gasteiger partial charge in [0.1, 0.15) is 0 Å². The van der Waals surface area contributed by atoms with E-state index in [2.05, 4.69) is 14.9 Å². The van der Waals surface area contributed by atoms with E-state index in [-0.39, 0.29) is 6.61 Å². The Morgan fingerprint density at radius 3 is 2.76 bits per heavy atom. The highest BCUT2D eigenvalue weighted by atomic mass is 16.5. The van der Waals surface area contributed by atoms with Crippen LogP contribution < -0.4 is 4.90 Å². The Hall–Kier alpha value is -1.69. The van der Waals surface area contributed by atoms with Crippen LogP contribution in [0.3, 0.4) is 0 Å². The molecule has 0 aromatic carbocycles. The van der Waals surface area contributed by atoms with Crippen LogP contribution in [-0.2, 0) is 4.74 Å². The van der Waals surface area contributed by atoms with Gasteiger partial charge in [-0.05, 0) is 26.7 Å². The lowest BCUT2D eigenvalue weighted by Crippen LogP contribution is -2.37. The predicted octanol–water partition coefficient (Wildman–Crippen LogP) is 1.70. The molecule has 1 heterocycles. The summed E-state index contributed by atoms with van der Waals surface area (Å²) in [5.41, 5.74) is 1.01. The first-order valence-corrected chi connectivity index (χ1v) is 7.55. The fourth-order valence-electron chi connectivity index (χ4n) is 2.77. The van der Waals surface area contributed by atoms with Gasteiger partial charge in [0.05, 0.1) is 24.5 Å². The number of esters is 1. The second-order valence-electron chi connectivity index (χ2n) is 5.24. The van der Waals surface area contributed by atoms with E-state index in [1.54, 1.807) is 13.8 Å². The zero-order chi connectivity index (χ0) is 15.2. The van der Waals surface area contributed by atoms with Crippen molar-refractivity contribution >= 4 is 11.9 Å². The predicted molar refractivity (Wildman–Crippen MR) is 79.4 cm³/mol. The number of anilines is 1. The van der Waals surface area contributed by atoms with Gasteiger partial charge < -0.3 is 14.7 Å². The van der Waals surface area contributed by atoms with Gasteiger partial charge in [-0.25, -0.2) is 14.8 Å². The summed E-state index contributed by atoms with van der Waals surface area (Å²) in [6, 6.07) is 0.380.